The van der Waals surface area contributed by atoms with Gasteiger partial charge in [0.05, 0.1) is 39.7 Å². The Labute approximate surface area is 381 Å². The molecule has 1 saturated heterocycles. The zero-order chi connectivity index (χ0) is 46.5. The molecule has 1 N–H and O–H groups in total. The molecule has 0 aliphatic carbocycles. The van der Waals surface area contributed by atoms with Gasteiger partial charge >= 0.3 is 18.1 Å². The van der Waals surface area contributed by atoms with Crippen LogP contribution in [0.25, 0.3) is 0 Å². The van der Waals surface area contributed by atoms with E-state index in [2.05, 4.69) is 13.8 Å². The van der Waals surface area contributed by atoms with E-state index >= 15 is 0 Å². The van der Waals surface area contributed by atoms with Crippen LogP contribution in [0.4, 0.5) is 18.9 Å². The van der Waals surface area contributed by atoms with Crippen LogP contribution in [0.5, 0.6) is 11.5 Å². The van der Waals surface area contributed by atoms with Gasteiger partial charge in [-0.15, -0.1) is 11.6 Å². The van der Waals surface area contributed by atoms with E-state index in [0.29, 0.717) is 18.4 Å². The molecule has 0 saturated carbocycles. The van der Waals surface area contributed by atoms with Gasteiger partial charge in [-0.3, -0.25) is 14.5 Å². The highest BCUT2D eigenvalue weighted by Crippen LogP contribution is 2.38. The number of carbonyl (C=O) groups is 4. The minimum Gasteiger partial charge on any atom is -0.479 e. The zero-order valence-electron chi connectivity index (χ0n) is 34.2. The molecule has 0 radical (unpaired) electrons. The number of hydrogen-bond donors (Lipinski definition) is 1. The zero-order valence-corrected chi connectivity index (χ0v) is 38.0. The number of hydrogen-bond acceptors (Lipinski definition) is 9. The number of alkyl halides is 6. The maximum atomic E-state index is 12.7. The van der Waals surface area contributed by atoms with Crippen LogP contribution < -0.4 is 9.64 Å². The summed E-state index contributed by atoms with van der Waals surface area (Å²) in [5.41, 5.74) is 1.38. The molecule has 1 fully saturated rings. The maximum Gasteiger partial charge on any atom is 0.416 e. The Bertz CT molecular complexity index is 2130. The molecule has 338 valence electrons. The average Bonchev–Trinajstić information content (AvgIpc) is 3.88. The summed E-state index contributed by atoms with van der Waals surface area (Å²) < 4.78 is 64.3. The van der Waals surface area contributed by atoms with E-state index < -0.39 is 40.3 Å². The molecule has 1 aliphatic heterocycles. The Kier molecular flexibility index (Phi) is 19.7. The van der Waals surface area contributed by atoms with Crippen molar-refractivity contribution < 1.29 is 60.8 Å². The first-order valence-corrected chi connectivity index (χ1v) is 20.8. The van der Waals surface area contributed by atoms with Crippen molar-refractivity contribution in [3.63, 3.8) is 0 Å². The van der Waals surface area contributed by atoms with E-state index in [0.717, 1.165) is 54.8 Å². The van der Waals surface area contributed by atoms with Crippen molar-refractivity contribution in [2.45, 2.75) is 76.4 Å². The number of rotatable bonds is 13. The monoisotopic (exact) mass is 968 g/mol. The summed E-state index contributed by atoms with van der Waals surface area (Å²) in [4.78, 5) is 48.6. The summed E-state index contributed by atoms with van der Waals surface area (Å²) in [6, 6.07) is 16.0. The molecule has 3 aromatic carbocycles. The van der Waals surface area contributed by atoms with Crippen molar-refractivity contribution in [3.05, 3.63) is 111 Å². The van der Waals surface area contributed by atoms with Gasteiger partial charge in [-0.25, -0.2) is 9.59 Å². The second-order valence-corrected chi connectivity index (χ2v) is 15.8. The number of esters is 1. The van der Waals surface area contributed by atoms with E-state index in [1.165, 1.54) is 17.0 Å². The third-order valence-electron chi connectivity index (χ3n) is 8.93. The normalized spacial score (nSPS) is 14.8. The van der Waals surface area contributed by atoms with E-state index in [9.17, 15) is 32.3 Å². The van der Waals surface area contributed by atoms with Gasteiger partial charge in [0.1, 0.15) is 41.7 Å². The van der Waals surface area contributed by atoms with Gasteiger partial charge in [0.15, 0.2) is 10.9 Å². The number of carbonyl (C=O) groups excluding carboxylic acids is 3. The molecule has 2 amide bonds. The van der Waals surface area contributed by atoms with Gasteiger partial charge < -0.3 is 33.4 Å². The molecule has 0 bridgehead atoms. The van der Waals surface area contributed by atoms with Crippen molar-refractivity contribution in [2.75, 3.05) is 31.2 Å². The highest BCUT2D eigenvalue weighted by atomic mass is 35.5. The molecule has 20 heteroatoms. The van der Waals surface area contributed by atoms with Crippen LogP contribution in [0.3, 0.4) is 0 Å². The number of carboxylic acid groups (broad SMARTS) is 1. The summed E-state index contributed by atoms with van der Waals surface area (Å²) in [6.07, 6.45) is -2.92. The van der Waals surface area contributed by atoms with Gasteiger partial charge in [-0.2, -0.15) is 13.2 Å². The Morgan fingerprint density at radius 1 is 0.968 bits per heavy atom. The van der Waals surface area contributed by atoms with Crippen molar-refractivity contribution in [2.24, 2.45) is 0 Å². The fraction of sp³-hybridized carbons (Fsp3) is 0.381. The summed E-state index contributed by atoms with van der Waals surface area (Å²) in [5.74, 6) is -2.22. The van der Waals surface area contributed by atoms with E-state index in [4.69, 9.17) is 86.5 Å². The fourth-order valence-electron chi connectivity index (χ4n) is 5.84. The molecule has 4 aromatic rings. The first kappa shape index (κ1) is 52.1. The Balaban J connectivity index is 0.000000257. The molecule has 1 aliphatic rings. The standard InChI is InChI=1S/C17H11Cl2F3O5.C14H20ClNO2.C11H13Cl2NO3/c1-8(15(23)24)26-16(25)11-7-10(3-4-12(11)18)27-14-5-2-9(6-13(14)19)17(20,21)22;1-4-11-7-6-8-12(5-2)14(11)16(10-18-3)13(17)9-15;1-11(2)14(10(15)9(12)13)6-8(17-11)7-4-3-5-16-7/h2-8H,1H3,(H,23,24);6-8H,4-5,9-10H2,1-3H3;3-5,8-9H,6H2,1-2H3/t8-;;/m0../s1. The predicted octanol–water partition coefficient (Wildman–Crippen LogP) is 11.1. The SMILES string of the molecule is CC1(C)OC(c2ccco2)CN1C(=O)C(Cl)Cl.CCc1cccc(CC)c1N(COC)C(=O)CCl.C[C@H](OC(=O)c1cc(Oc2ccc(C(F)(F)F)cc2Cl)ccc1Cl)C(=O)O. The van der Waals surface area contributed by atoms with Crippen LogP contribution in [0, 0.1) is 0 Å². The number of amides is 2. The topological polar surface area (TPSA) is 145 Å². The molecule has 5 rings (SSSR count). The largest absolute Gasteiger partial charge is 0.479 e. The van der Waals surface area contributed by atoms with Gasteiger partial charge in [0.2, 0.25) is 5.91 Å². The number of aryl methyl sites for hydroxylation is 2. The smallest absolute Gasteiger partial charge is 0.416 e. The predicted molar refractivity (Wildman–Crippen MR) is 230 cm³/mol. The second-order valence-electron chi connectivity index (χ2n) is 13.6. The van der Waals surface area contributed by atoms with E-state index in [-0.39, 0.29) is 57.6 Å². The summed E-state index contributed by atoms with van der Waals surface area (Å²) >= 11 is 28.6. The lowest BCUT2D eigenvalue weighted by molar-refractivity contribution is -0.146. The number of methoxy groups -OCH3 is 1. The second kappa shape index (κ2) is 23.5. The van der Waals surface area contributed by atoms with Crippen LogP contribution in [0.15, 0.2) is 77.4 Å². The lowest BCUT2D eigenvalue weighted by Gasteiger charge is -2.29. The number of ether oxygens (including phenoxy) is 4. The maximum absolute atomic E-state index is 12.7. The molecule has 2 heterocycles. The lowest BCUT2D eigenvalue weighted by Crippen LogP contribution is -2.45. The Morgan fingerprint density at radius 2 is 1.61 bits per heavy atom. The van der Waals surface area contributed by atoms with Gasteiger partial charge in [0, 0.05) is 7.11 Å². The molecule has 1 unspecified atom stereocenters. The van der Waals surface area contributed by atoms with Crippen molar-refractivity contribution in [1.29, 1.82) is 0 Å². The van der Waals surface area contributed by atoms with Crippen LogP contribution >= 0.6 is 58.0 Å². The summed E-state index contributed by atoms with van der Waals surface area (Å²) in [5, 5.41) is 8.46. The number of anilines is 1. The average molecular weight is 971 g/mol. The van der Waals surface area contributed by atoms with E-state index in [1.54, 1.807) is 38.2 Å². The van der Waals surface area contributed by atoms with Crippen LogP contribution in [0.1, 0.15) is 73.5 Å². The van der Waals surface area contributed by atoms with Crippen molar-refractivity contribution in [1.82, 2.24) is 4.90 Å². The van der Waals surface area contributed by atoms with Crippen LogP contribution in [-0.4, -0.2) is 76.7 Å². The van der Waals surface area contributed by atoms with Gasteiger partial charge in [0.25, 0.3) is 5.91 Å². The fourth-order valence-corrected chi connectivity index (χ4v) is 6.63. The highest BCUT2D eigenvalue weighted by Gasteiger charge is 2.45. The summed E-state index contributed by atoms with van der Waals surface area (Å²) in [7, 11) is 1.58. The number of halogens is 8. The number of aliphatic carboxylic acids is 1. The number of furan rings is 1. The molecular weight excluding hydrogens is 927 g/mol. The van der Waals surface area contributed by atoms with Crippen LogP contribution in [-0.2, 0) is 47.6 Å². The molecule has 1 aromatic heterocycles. The Hall–Kier alpha value is -4.22. The molecule has 0 spiro atoms. The highest BCUT2D eigenvalue weighted by molar-refractivity contribution is 6.53. The summed E-state index contributed by atoms with van der Waals surface area (Å²) in [6.45, 7) is 9.53. The van der Waals surface area contributed by atoms with Crippen molar-refractivity contribution >= 4 is 87.4 Å². The van der Waals surface area contributed by atoms with Crippen molar-refractivity contribution in [3.8, 4) is 11.5 Å². The minimum atomic E-state index is -4.56. The minimum absolute atomic E-state index is 0.0246. The van der Waals surface area contributed by atoms with Crippen LogP contribution in [0.2, 0.25) is 10.0 Å². The molecular formula is C42H44Cl5F3N2O10. The van der Waals surface area contributed by atoms with Gasteiger partial charge in [-0.05, 0) is 93.3 Å². The molecule has 2 atom stereocenters. The third-order valence-corrected chi connectivity index (χ3v) is 10.2. The quantitative estimate of drug-likeness (QED) is 0.0781. The third kappa shape index (κ3) is 14.1. The molecule has 12 nitrogen and oxygen atoms in total. The first-order chi connectivity index (χ1) is 29.1. The van der Waals surface area contributed by atoms with Gasteiger partial charge in [-0.1, -0.05) is 78.5 Å². The first-order valence-electron chi connectivity index (χ1n) is 18.6. The number of benzene rings is 3. The molecule has 62 heavy (non-hydrogen) atoms. The Morgan fingerprint density at radius 3 is 2.11 bits per heavy atom. The number of carboxylic acids is 1. The number of para-hydroxylation sites is 1. The lowest BCUT2D eigenvalue weighted by atomic mass is 10.0. The van der Waals surface area contributed by atoms with E-state index in [1.807, 2.05) is 24.3 Å². The number of nitrogens with zero attached hydrogens (tertiary/aromatic N) is 2.